The first kappa shape index (κ1) is 17.8. The number of piperazine rings is 1. The van der Waals surface area contributed by atoms with E-state index in [9.17, 15) is 4.79 Å². The molecular formula is C16H19Cl2N3O2. The van der Waals surface area contributed by atoms with E-state index >= 15 is 0 Å². The number of aromatic nitrogens is 1. The molecule has 2 aromatic rings. The highest BCUT2D eigenvalue weighted by Crippen LogP contribution is 2.31. The third-order valence-corrected chi connectivity index (χ3v) is 4.19. The lowest BCUT2D eigenvalue weighted by Gasteiger charge is -2.31. The number of carbonyl (C=O) groups is 1. The summed E-state index contributed by atoms with van der Waals surface area (Å²) in [5.74, 6) is 0.466. The largest absolute Gasteiger partial charge is 0.360 e. The van der Waals surface area contributed by atoms with Crippen molar-refractivity contribution in [2.24, 2.45) is 0 Å². The number of hydrogen-bond acceptors (Lipinski definition) is 4. The Labute approximate surface area is 146 Å². The van der Waals surface area contributed by atoms with Crippen LogP contribution in [0.15, 0.2) is 28.8 Å². The lowest BCUT2D eigenvalue weighted by atomic mass is 10.0. The Balaban J connectivity index is 0.00000192. The predicted molar refractivity (Wildman–Crippen MR) is 92.3 cm³/mol. The van der Waals surface area contributed by atoms with Crippen LogP contribution in [0.2, 0.25) is 5.02 Å². The molecule has 0 spiro atoms. The van der Waals surface area contributed by atoms with Gasteiger partial charge in [0.15, 0.2) is 0 Å². The molecule has 0 radical (unpaired) electrons. The van der Waals surface area contributed by atoms with E-state index in [1.807, 2.05) is 23.1 Å². The second-order valence-corrected chi connectivity index (χ2v) is 5.96. The van der Waals surface area contributed by atoms with Crippen LogP contribution in [-0.2, 0) is 0 Å². The first-order valence-electron chi connectivity index (χ1n) is 7.31. The highest BCUT2D eigenvalue weighted by Gasteiger charge is 2.29. The lowest BCUT2D eigenvalue weighted by Crippen LogP contribution is -2.51. The van der Waals surface area contributed by atoms with E-state index in [1.54, 1.807) is 13.0 Å². The lowest BCUT2D eigenvalue weighted by molar-refractivity contribution is 0.0708. The van der Waals surface area contributed by atoms with Gasteiger partial charge in [0.2, 0.25) is 0 Å². The van der Waals surface area contributed by atoms with Crippen molar-refractivity contribution in [2.75, 3.05) is 19.6 Å². The zero-order valence-electron chi connectivity index (χ0n) is 13.0. The molecule has 3 rings (SSSR count). The smallest absolute Gasteiger partial charge is 0.259 e. The van der Waals surface area contributed by atoms with Crippen LogP contribution in [-0.4, -0.2) is 41.6 Å². The fourth-order valence-corrected chi connectivity index (χ4v) is 2.96. The van der Waals surface area contributed by atoms with Gasteiger partial charge in [0.05, 0.1) is 5.02 Å². The highest BCUT2D eigenvalue weighted by atomic mass is 35.5. The molecule has 1 aliphatic rings. The van der Waals surface area contributed by atoms with Crippen LogP contribution < -0.4 is 5.32 Å². The Morgan fingerprint density at radius 3 is 2.87 bits per heavy atom. The second kappa shape index (κ2) is 7.34. The summed E-state index contributed by atoms with van der Waals surface area (Å²) in [5.41, 5.74) is 1.73. The van der Waals surface area contributed by atoms with Crippen LogP contribution in [0.3, 0.4) is 0 Å². The third kappa shape index (κ3) is 3.52. The number of halogens is 2. The van der Waals surface area contributed by atoms with Crippen molar-refractivity contribution in [2.45, 2.75) is 19.9 Å². The maximum absolute atomic E-state index is 12.9. The topological polar surface area (TPSA) is 58.4 Å². The number of benzene rings is 1. The summed E-state index contributed by atoms with van der Waals surface area (Å²) < 4.78 is 5.27. The standard InChI is InChI=1S/C16H18ClN3O2.ClH/c1-10-9-20(8-7-18-10)16(21)14-11(2)22-19-15(14)12-5-3-4-6-13(12)17;/h3-6,10,18H,7-9H2,1-2H3;1H. The maximum Gasteiger partial charge on any atom is 0.259 e. The third-order valence-electron chi connectivity index (χ3n) is 3.86. The minimum absolute atomic E-state index is 0. The summed E-state index contributed by atoms with van der Waals surface area (Å²) >= 11 is 6.24. The normalized spacial score (nSPS) is 17.7. The van der Waals surface area contributed by atoms with Gasteiger partial charge in [-0.15, -0.1) is 12.4 Å². The number of amides is 1. The number of nitrogens with zero attached hydrogens (tertiary/aromatic N) is 2. The number of rotatable bonds is 2. The SMILES string of the molecule is Cc1onc(-c2ccccc2Cl)c1C(=O)N1CCNC(C)C1.Cl. The molecule has 0 aliphatic carbocycles. The molecule has 2 heterocycles. The van der Waals surface area contributed by atoms with E-state index in [-0.39, 0.29) is 24.4 Å². The van der Waals surface area contributed by atoms with Crippen molar-refractivity contribution < 1.29 is 9.32 Å². The van der Waals surface area contributed by atoms with E-state index in [0.29, 0.717) is 40.7 Å². The minimum Gasteiger partial charge on any atom is -0.360 e. The van der Waals surface area contributed by atoms with Crippen LogP contribution in [0.5, 0.6) is 0 Å². The van der Waals surface area contributed by atoms with Crippen molar-refractivity contribution in [3.63, 3.8) is 0 Å². The Kier molecular flexibility index (Phi) is 5.68. The molecule has 1 amide bonds. The molecule has 124 valence electrons. The van der Waals surface area contributed by atoms with Gasteiger partial charge in [0.1, 0.15) is 17.0 Å². The molecule has 1 aromatic carbocycles. The summed E-state index contributed by atoms with van der Waals surface area (Å²) in [6.07, 6.45) is 0. The Bertz CT molecular complexity index is 702. The molecule has 1 N–H and O–H groups in total. The van der Waals surface area contributed by atoms with Crippen molar-refractivity contribution in [1.82, 2.24) is 15.4 Å². The van der Waals surface area contributed by atoms with Crippen molar-refractivity contribution >= 4 is 29.9 Å². The maximum atomic E-state index is 12.9. The molecule has 0 bridgehead atoms. The number of hydrogen-bond donors (Lipinski definition) is 1. The quantitative estimate of drug-likeness (QED) is 0.898. The Hall–Kier alpha value is -1.56. The molecule has 1 unspecified atom stereocenters. The molecule has 1 fully saturated rings. The molecular weight excluding hydrogens is 337 g/mol. The van der Waals surface area contributed by atoms with Gasteiger partial charge in [-0.05, 0) is 19.9 Å². The molecule has 23 heavy (non-hydrogen) atoms. The van der Waals surface area contributed by atoms with E-state index in [2.05, 4.69) is 17.4 Å². The van der Waals surface area contributed by atoms with E-state index < -0.39 is 0 Å². The summed E-state index contributed by atoms with van der Waals surface area (Å²) in [6.45, 7) is 5.96. The van der Waals surface area contributed by atoms with E-state index in [4.69, 9.17) is 16.1 Å². The van der Waals surface area contributed by atoms with Gasteiger partial charge in [0.25, 0.3) is 5.91 Å². The molecule has 1 atom stereocenters. The zero-order valence-corrected chi connectivity index (χ0v) is 14.6. The van der Waals surface area contributed by atoms with Gasteiger partial charge in [0, 0.05) is 31.2 Å². The van der Waals surface area contributed by atoms with Crippen molar-refractivity contribution in [3.05, 3.63) is 40.6 Å². The van der Waals surface area contributed by atoms with Crippen LogP contribution in [0.4, 0.5) is 0 Å². The van der Waals surface area contributed by atoms with Gasteiger partial charge in [-0.2, -0.15) is 0 Å². The number of nitrogens with one attached hydrogen (secondary N) is 1. The summed E-state index contributed by atoms with van der Waals surface area (Å²) in [6, 6.07) is 7.62. The minimum atomic E-state index is -0.0537. The highest BCUT2D eigenvalue weighted by molar-refractivity contribution is 6.33. The average molecular weight is 356 g/mol. The monoisotopic (exact) mass is 355 g/mol. The fourth-order valence-electron chi connectivity index (χ4n) is 2.74. The molecule has 0 saturated carbocycles. The van der Waals surface area contributed by atoms with Crippen molar-refractivity contribution in [3.8, 4) is 11.3 Å². The van der Waals surface area contributed by atoms with Crippen LogP contribution in [0, 0.1) is 6.92 Å². The number of aryl methyl sites for hydroxylation is 1. The van der Waals surface area contributed by atoms with Gasteiger partial charge >= 0.3 is 0 Å². The van der Waals surface area contributed by atoms with E-state index in [0.717, 1.165) is 6.54 Å². The van der Waals surface area contributed by atoms with Gasteiger partial charge in [-0.3, -0.25) is 4.79 Å². The molecule has 1 aliphatic heterocycles. The second-order valence-electron chi connectivity index (χ2n) is 5.55. The van der Waals surface area contributed by atoms with Crippen molar-refractivity contribution in [1.29, 1.82) is 0 Å². The Morgan fingerprint density at radius 2 is 2.17 bits per heavy atom. The first-order valence-corrected chi connectivity index (χ1v) is 7.69. The van der Waals surface area contributed by atoms with Gasteiger partial charge in [-0.1, -0.05) is 35.0 Å². The van der Waals surface area contributed by atoms with Crippen LogP contribution in [0.25, 0.3) is 11.3 Å². The molecule has 5 nitrogen and oxygen atoms in total. The average Bonchev–Trinajstić information content (AvgIpc) is 2.88. The van der Waals surface area contributed by atoms with Gasteiger partial charge < -0.3 is 14.7 Å². The molecule has 7 heteroatoms. The molecule has 1 aromatic heterocycles. The van der Waals surface area contributed by atoms with E-state index in [1.165, 1.54) is 0 Å². The number of carbonyl (C=O) groups excluding carboxylic acids is 1. The first-order chi connectivity index (χ1) is 10.6. The summed E-state index contributed by atoms with van der Waals surface area (Å²) in [7, 11) is 0. The van der Waals surface area contributed by atoms with Crippen LogP contribution in [0.1, 0.15) is 23.0 Å². The van der Waals surface area contributed by atoms with Gasteiger partial charge in [-0.25, -0.2) is 0 Å². The molecule has 1 saturated heterocycles. The summed E-state index contributed by atoms with van der Waals surface area (Å²) in [5, 5.41) is 7.94. The summed E-state index contributed by atoms with van der Waals surface area (Å²) in [4.78, 5) is 14.7. The zero-order chi connectivity index (χ0) is 15.7. The Morgan fingerprint density at radius 1 is 1.43 bits per heavy atom. The fraction of sp³-hybridized carbons (Fsp3) is 0.375. The predicted octanol–water partition coefficient (Wildman–Crippen LogP) is 3.16. The van der Waals surface area contributed by atoms with Crippen LogP contribution >= 0.6 is 24.0 Å².